The fourth-order valence-corrected chi connectivity index (χ4v) is 4.24. The number of piperazine rings is 1. The van der Waals surface area contributed by atoms with Crippen molar-refractivity contribution in [3.8, 4) is 17.2 Å². The van der Waals surface area contributed by atoms with Gasteiger partial charge in [-0.1, -0.05) is 18.2 Å². The van der Waals surface area contributed by atoms with E-state index in [1.165, 1.54) is 6.33 Å². The summed E-state index contributed by atoms with van der Waals surface area (Å²) in [4.78, 5) is 24.3. The van der Waals surface area contributed by atoms with Crippen molar-refractivity contribution in [3.63, 3.8) is 0 Å². The van der Waals surface area contributed by atoms with E-state index in [9.17, 15) is 10.1 Å². The second-order valence-corrected chi connectivity index (χ2v) is 8.30. The lowest BCUT2D eigenvalue weighted by Crippen LogP contribution is -2.46. The highest BCUT2D eigenvalue weighted by molar-refractivity contribution is 5.70. The van der Waals surface area contributed by atoms with E-state index in [2.05, 4.69) is 20.2 Å². The van der Waals surface area contributed by atoms with Gasteiger partial charge in [-0.15, -0.1) is 0 Å². The van der Waals surface area contributed by atoms with Gasteiger partial charge in [-0.25, -0.2) is 9.97 Å². The zero-order valence-corrected chi connectivity index (χ0v) is 19.3. The fourth-order valence-electron chi connectivity index (χ4n) is 4.24. The molecule has 1 aromatic heterocycles. The molecule has 0 bridgehead atoms. The molecule has 3 aromatic rings. The molecule has 1 saturated heterocycles. The van der Waals surface area contributed by atoms with Gasteiger partial charge >= 0.3 is 5.69 Å². The molecule has 0 saturated carbocycles. The number of ether oxygens (including phenoxy) is 3. The Balaban J connectivity index is 1.24. The maximum Gasteiger partial charge on any atom is 0.353 e. The van der Waals surface area contributed by atoms with E-state index in [1.807, 2.05) is 47.4 Å². The molecule has 0 aliphatic carbocycles. The van der Waals surface area contributed by atoms with Gasteiger partial charge in [0.25, 0.3) is 0 Å². The number of methoxy groups -OCH3 is 1. The van der Waals surface area contributed by atoms with Crippen molar-refractivity contribution in [2.75, 3.05) is 50.3 Å². The highest BCUT2D eigenvalue weighted by atomic mass is 16.7. The van der Waals surface area contributed by atoms with Crippen molar-refractivity contribution in [2.45, 2.75) is 13.1 Å². The van der Waals surface area contributed by atoms with Gasteiger partial charge in [0.2, 0.25) is 18.4 Å². The number of nitrogens with zero attached hydrogens (tertiary/aromatic N) is 5. The number of nitrogens with one attached hydrogen (secondary N) is 1. The number of hydrogen-bond donors (Lipinski definition) is 1. The number of nitro groups is 1. The summed E-state index contributed by atoms with van der Waals surface area (Å²) in [5, 5.41) is 15.1. The molecule has 0 radical (unpaired) electrons. The summed E-state index contributed by atoms with van der Waals surface area (Å²) in [5.74, 6) is 2.84. The van der Waals surface area contributed by atoms with E-state index in [-0.39, 0.29) is 18.3 Å². The normalized spacial score (nSPS) is 15.2. The Morgan fingerprint density at radius 1 is 1.03 bits per heavy atom. The average Bonchev–Trinajstić information content (AvgIpc) is 3.36. The van der Waals surface area contributed by atoms with Crippen molar-refractivity contribution in [2.24, 2.45) is 0 Å². The van der Waals surface area contributed by atoms with Crippen LogP contribution in [0.2, 0.25) is 0 Å². The van der Waals surface area contributed by atoms with Gasteiger partial charge in [-0.2, -0.15) is 0 Å². The first-order valence-electron chi connectivity index (χ1n) is 11.3. The van der Waals surface area contributed by atoms with Crippen LogP contribution in [0.1, 0.15) is 11.1 Å². The lowest BCUT2D eigenvalue weighted by Gasteiger charge is -2.35. The van der Waals surface area contributed by atoms with Crippen LogP contribution in [0, 0.1) is 10.1 Å². The van der Waals surface area contributed by atoms with Gasteiger partial charge in [0, 0.05) is 39.3 Å². The third kappa shape index (κ3) is 5.04. The minimum atomic E-state index is -0.412. The zero-order valence-electron chi connectivity index (χ0n) is 19.3. The summed E-state index contributed by atoms with van der Waals surface area (Å²) >= 11 is 0. The van der Waals surface area contributed by atoms with Crippen molar-refractivity contribution < 1.29 is 19.1 Å². The first-order chi connectivity index (χ1) is 17.1. The van der Waals surface area contributed by atoms with Crippen LogP contribution >= 0.6 is 0 Å². The first kappa shape index (κ1) is 22.7. The minimum Gasteiger partial charge on any atom is -0.497 e. The second-order valence-electron chi connectivity index (χ2n) is 8.30. The quantitative estimate of drug-likeness (QED) is 0.383. The zero-order chi connectivity index (χ0) is 24.2. The van der Waals surface area contributed by atoms with Crippen LogP contribution < -0.4 is 24.4 Å². The third-order valence-electron chi connectivity index (χ3n) is 6.12. The molecule has 0 amide bonds. The number of hydrogen-bond acceptors (Lipinski definition) is 10. The Hall–Kier alpha value is -4.12. The lowest BCUT2D eigenvalue weighted by molar-refractivity contribution is -0.383. The van der Waals surface area contributed by atoms with Crippen molar-refractivity contribution >= 4 is 17.3 Å². The molecule has 3 heterocycles. The number of anilines is 2. The molecule has 5 rings (SSSR count). The van der Waals surface area contributed by atoms with Crippen molar-refractivity contribution in [3.05, 3.63) is 70.0 Å². The van der Waals surface area contributed by atoms with Crippen LogP contribution in [-0.2, 0) is 13.1 Å². The number of aromatic nitrogens is 2. The predicted octanol–water partition coefficient (Wildman–Crippen LogP) is 3.06. The highest BCUT2D eigenvalue weighted by Crippen LogP contribution is 2.34. The van der Waals surface area contributed by atoms with Crippen LogP contribution in [0.3, 0.4) is 0 Å². The molecular weight excluding hydrogens is 452 g/mol. The van der Waals surface area contributed by atoms with Crippen LogP contribution in [0.4, 0.5) is 17.3 Å². The van der Waals surface area contributed by atoms with Crippen molar-refractivity contribution in [1.82, 2.24) is 14.9 Å². The largest absolute Gasteiger partial charge is 0.497 e. The number of fused-ring (bicyclic) bond motifs is 1. The van der Waals surface area contributed by atoms with Gasteiger partial charge in [0.1, 0.15) is 12.1 Å². The molecule has 0 unspecified atom stereocenters. The molecule has 1 N–H and O–H groups in total. The van der Waals surface area contributed by atoms with E-state index in [4.69, 9.17) is 14.2 Å². The summed E-state index contributed by atoms with van der Waals surface area (Å²) in [5.41, 5.74) is 1.99. The summed E-state index contributed by atoms with van der Waals surface area (Å²) in [7, 11) is 1.61. The number of rotatable bonds is 8. The molecule has 0 spiro atoms. The molecule has 35 heavy (non-hydrogen) atoms. The lowest BCUT2D eigenvalue weighted by atomic mass is 10.1. The topological polar surface area (TPSA) is 115 Å². The fraction of sp³-hybridized carbons (Fsp3) is 0.333. The second kappa shape index (κ2) is 10.0. The van der Waals surface area contributed by atoms with E-state index in [0.29, 0.717) is 25.5 Å². The molecule has 2 aliphatic heterocycles. The van der Waals surface area contributed by atoms with Crippen LogP contribution in [-0.4, -0.2) is 59.9 Å². The molecule has 182 valence electrons. The molecule has 2 aromatic carbocycles. The highest BCUT2D eigenvalue weighted by Gasteiger charge is 2.29. The smallest absolute Gasteiger partial charge is 0.353 e. The molecule has 2 aliphatic rings. The Morgan fingerprint density at radius 2 is 1.77 bits per heavy atom. The van der Waals surface area contributed by atoms with Crippen molar-refractivity contribution in [1.29, 1.82) is 0 Å². The minimum absolute atomic E-state index is 0.106. The molecule has 11 heteroatoms. The Bertz CT molecular complexity index is 1200. The van der Waals surface area contributed by atoms with Gasteiger partial charge in [-0.05, 0) is 35.4 Å². The van der Waals surface area contributed by atoms with Crippen LogP contribution in [0.15, 0.2) is 48.8 Å². The maximum atomic E-state index is 12.0. The Labute approximate surface area is 202 Å². The summed E-state index contributed by atoms with van der Waals surface area (Å²) < 4.78 is 16.0. The molecular formula is C24H26N6O5. The average molecular weight is 479 g/mol. The molecule has 1 fully saturated rings. The predicted molar refractivity (Wildman–Crippen MR) is 129 cm³/mol. The summed E-state index contributed by atoms with van der Waals surface area (Å²) in [6, 6.07) is 13.5. The van der Waals surface area contributed by atoms with E-state index < -0.39 is 4.92 Å². The summed E-state index contributed by atoms with van der Waals surface area (Å²) in [6.45, 7) is 4.18. The van der Waals surface area contributed by atoms with E-state index in [1.54, 1.807) is 7.11 Å². The number of benzene rings is 2. The van der Waals surface area contributed by atoms with Crippen LogP contribution in [0.5, 0.6) is 17.2 Å². The van der Waals surface area contributed by atoms with Gasteiger partial charge < -0.3 is 24.4 Å². The van der Waals surface area contributed by atoms with Crippen LogP contribution in [0.25, 0.3) is 0 Å². The molecule has 0 atom stereocenters. The van der Waals surface area contributed by atoms with Gasteiger partial charge in [0.05, 0.1) is 12.0 Å². The maximum absolute atomic E-state index is 12.0. The standard InChI is InChI=1S/C24H26N6O5/c1-33-19-5-2-17(3-6-19)13-25-23-22(30(31)32)24(27-15-26-23)29-10-8-28(9-11-29)14-18-4-7-20-21(12-18)35-16-34-20/h2-7,12,15H,8-11,13-14,16H2,1H3,(H,25,26,27). The Kier molecular flexibility index (Phi) is 6.49. The third-order valence-corrected chi connectivity index (χ3v) is 6.12. The van der Waals surface area contributed by atoms with Gasteiger partial charge in [0.15, 0.2) is 11.5 Å². The van der Waals surface area contributed by atoms with Gasteiger partial charge in [-0.3, -0.25) is 15.0 Å². The Morgan fingerprint density at radius 3 is 2.51 bits per heavy atom. The monoisotopic (exact) mass is 478 g/mol. The van der Waals surface area contributed by atoms with E-state index in [0.717, 1.165) is 48.0 Å². The summed E-state index contributed by atoms with van der Waals surface area (Å²) in [6.07, 6.45) is 1.37. The molecule has 11 nitrogen and oxygen atoms in total. The SMILES string of the molecule is COc1ccc(CNc2ncnc(N3CCN(Cc4ccc5c(c4)OCO5)CC3)c2[N+](=O)[O-])cc1. The van der Waals surface area contributed by atoms with E-state index >= 15 is 0 Å². The first-order valence-corrected chi connectivity index (χ1v) is 11.3.